The zero-order valence-corrected chi connectivity index (χ0v) is 18.8. The average molecular weight is 456 g/mol. The average Bonchev–Trinajstić information content (AvgIpc) is 3.10. The minimum absolute atomic E-state index is 0.194. The molecule has 0 spiro atoms. The number of rotatable bonds is 5. The first-order valence-corrected chi connectivity index (χ1v) is 11.8. The lowest BCUT2D eigenvalue weighted by Crippen LogP contribution is -2.51. The molecule has 168 valence electrons. The molecule has 2 heterocycles. The van der Waals surface area contributed by atoms with Gasteiger partial charge in [-0.1, -0.05) is 18.2 Å². The van der Waals surface area contributed by atoms with E-state index in [1.165, 1.54) is 9.21 Å². The maximum Gasteiger partial charge on any atom is 0.338 e. The summed E-state index contributed by atoms with van der Waals surface area (Å²) < 4.78 is 32.0. The molecule has 0 atom stereocenters. The van der Waals surface area contributed by atoms with E-state index >= 15 is 0 Å². The number of aryl methyl sites for hydroxylation is 2. The first kappa shape index (κ1) is 22.0. The Kier molecular flexibility index (Phi) is 6.03. The fraction of sp³-hybridized carbons (Fsp3) is 0.304. The Morgan fingerprint density at radius 2 is 1.69 bits per heavy atom. The summed E-state index contributed by atoms with van der Waals surface area (Å²) in [7, 11) is -3.59. The van der Waals surface area contributed by atoms with Crippen LogP contribution in [0.25, 0.3) is 10.9 Å². The molecule has 3 aromatic rings. The predicted molar refractivity (Wildman–Crippen MR) is 120 cm³/mol. The molecule has 32 heavy (non-hydrogen) atoms. The van der Waals surface area contributed by atoms with E-state index in [9.17, 15) is 18.0 Å². The van der Waals surface area contributed by atoms with Crippen molar-refractivity contribution in [3.05, 3.63) is 65.4 Å². The molecule has 9 heteroatoms. The zero-order valence-electron chi connectivity index (χ0n) is 18.0. The number of benzene rings is 2. The van der Waals surface area contributed by atoms with E-state index in [-0.39, 0.29) is 43.6 Å². The van der Waals surface area contributed by atoms with E-state index in [1.54, 1.807) is 42.5 Å². The van der Waals surface area contributed by atoms with Crippen LogP contribution in [-0.4, -0.2) is 67.3 Å². The Bertz CT molecular complexity index is 1260. The highest BCUT2D eigenvalue weighted by Gasteiger charge is 2.30. The van der Waals surface area contributed by atoms with Gasteiger partial charge in [0, 0.05) is 42.8 Å². The monoisotopic (exact) mass is 455 g/mol. The van der Waals surface area contributed by atoms with Crippen LogP contribution in [0.2, 0.25) is 0 Å². The number of hydrogen-bond acceptors (Lipinski definition) is 5. The van der Waals surface area contributed by atoms with Crippen molar-refractivity contribution in [1.82, 2.24) is 14.2 Å². The third-order valence-corrected chi connectivity index (χ3v) is 7.76. The van der Waals surface area contributed by atoms with E-state index in [0.717, 1.165) is 22.2 Å². The van der Waals surface area contributed by atoms with E-state index in [4.69, 9.17) is 4.74 Å². The third kappa shape index (κ3) is 4.26. The van der Waals surface area contributed by atoms with Gasteiger partial charge in [0.15, 0.2) is 6.61 Å². The molecule has 1 fully saturated rings. The summed E-state index contributed by atoms with van der Waals surface area (Å²) in [6, 6.07) is 13.5. The molecular weight excluding hydrogens is 430 g/mol. The molecule has 2 aromatic carbocycles. The topological polar surface area (TPSA) is 99.8 Å². The van der Waals surface area contributed by atoms with Gasteiger partial charge in [-0.15, -0.1) is 0 Å². The zero-order chi connectivity index (χ0) is 22.9. The first-order chi connectivity index (χ1) is 15.3. The van der Waals surface area contributed by atoms with E-state index in [1.807, 2.05) is 19.9 Å². The molecule has 1 amide bonds. The highest BCUT2D eigenvalue weighted by molar-refractivity contribution is 7.89. The Morgan fingerprint density at radius 3 is 2.38 bits per heavy atom. The normalized spacial score (nSPS) is 15.1. The van der Waals surface area contributed by atoms with E-state index in [0.29, 0.717) is 5.56 Å². The molecular formula is C23H25N3O5S. The van der Waals surface area contributed by atoms with Crippen LogP contribution in [0.4, 0.5) is 0 Å². The molecule has 1 aliphatic rings. The number of aromatic amines is 1. The molecule has 0 unspecified atom stereocenters. The quantitative estimate of drug-likeness (QED) is 0.596. The highest BCUT2D eigenvalue weighted by atomic mass is 32.2. The molecule has 4 rings (SSSR count). The minimum Gasteiger partial charge on any atom is -0.452 e. The lowest BCUT2D eigenvalue weighted by molar-refractivity contribution is -0.135. The van der Waals surface area contributed by atoms with E-state index in [2.05, 4.69) is 4.98 Å². The van der Waals surface area contributed by atoms with Gasteiger partial charge in [0.05, 0.1) is 10.5 Å². The van der Waals surface area contributed by atoms with Crippen LogP contribution in [0.5, 0.6) is 0 Å². The number of esters is 1. The van der Waals surface area contributed by atoms with Crippen LogP contribution in [0.15, 0.2) is 53.4 Å². The molecule has 1 N–H and O–H groups in total. The van der Waals surface area contributed by atoms with Gasteiger partial charge in [-0.3, -0.25) is 4.79 Å². The Morgan fingerprint density at radius 1 is 1.00 bits per heavy atom. The van der Waals surface area contributed by atoms with Crippen LogP contribution in [-0.2, 0) is 19.6 Å². The summed E-state index contributed by atoms with van der Waals surface area (Å²) in [5, 5.41) is 0.944. The van der Waals surface area contributed by atoms with Gasteiger partial charge in [0.25, 0.3) is 5.91 Å². The van der Waals surface area contributed by atoms with Gasteiger partial charge in [-0.2, -0.15) is 4.31 Å². The number of hydrogen-bond donors (Lipinski definition) is 1. The number of nitrogens with zero attached hydrogens (tertiary/aromatic N) is 2. The highest BCUT2D eigenvalue weighted by Crippen LogP contribution is 2.23. The molecule has 0 saturated carbocycles. The standard InChI is InChI=1S/C23H25N3O5S/c1-16-17(2)24-21-9-8-18(14-20(16)21)23(28)31-15-22(27)25-10-12-26(13-11-25)32(29,30)19-6-4-3-5-7-19/h3-9,14,24H,10-13,15H2,1-2H3. The summed E-state index contributed by atoms with van der Waals surface area (Å²) in [5.74, 6) is -0.909. The van der Waals surface area contributed by atoms with Crippen molar-refractivity contribution < 1.29 is 22.7 Å². The van der Waals surface area contributed by atoms with E-state index < -0.39 is 16.0 Å². The van der Waals surface area contributed by atoms with Crippen LogP contribution < -0.4 is 0 Å². The maximum atomic E-state index is 12.7. The van der Waals surface area contributed by atoms with Crippen molar-refractivity contribution in [2.75, 3.05) is 32.8 Å². The van der Waals surface area contributed by atoms with Crippen molar-refractivity contribution in [3.8, 4) is 0 Å². The van der Waals surface area contributed by atoms with Crippen molar-refractivity contribution in [2.45, 2.75) is 18.7 Å². The Balaban J connectivity index is 1.32. The summed E-state index contributed by atoms with van der Waals surface area (Å²) in [6.45, 7) is 4.45. The number of nitrogens with one attached hydrogen (secondary N) is 1. The van der Waals surface area contributed by atoms with Crippen LogP contribution in [0.3, 0.4) is 0 Å². The second kappa shape index (κ2) is 8.76. The smallest absolute Gasteiger partial charge is 0.338 e. The fourth-order valence-electron chi connectivity index (χ4n) is 3.81. The van der Waals surface area contributed by atoms with Crippen molar-refractivity contribution in [3.63, 3.8) is 0 Å². The number of ether oxygens (including phenoxy) is 1. The number of piperazine rings is 1. The lowest BCUT2D eigenvalue weighted by atomic mass is 10.1. The van der Waals surface area contributed by atoms with Crippen molar-refractivity contribution in [2.24, 2.45) is 0 Å². The predicted octanol–water partition coefficient (Wildman–Crippen LogP) is 2.47. The summed E-state index contributed by atoms with van der Waals surface area (Å²) in [6.07, 6.45) is 0. The SMILES string of the molecule is Cc1[nH]c2ccc(C(=O)OCC(=O)N3CCN(S(=O)(=O)c4ccccc4)CC3)cc2c1C. The molecule has 1 aliphatic heterocycles. The first-order valence-electron chi connectivity index (χ1n) is 10.4. The summed E-state index contributed by atoms with van der Waals surface area (Å²) in [4.78, 5) is 30.0. The molecule has 1 saturated heterocycles. The second-order valence-electron chi connectivity index (χ2n) is 7.81. The van der Waals surface area contributed by atoms with Gasteiger partial charge >= 0.3 is 5.97 Å². The number of amides is 1. The molecule has 1 aromatic heterocycles. The van der Waals surface area contributed by atoms with Crippen LogP contribution in [0.1, 0.15) is 21.6 Å². The summed E-state index contributed by atoms with van der Waals surface area (Å²) >= 11 is 0. The second-order valence-corrected chi connectivity index (χ2v) is 9.75. The fourth-order valence-corrected chi connectivity index (χ4v) is 5.25. The summed E-state index contributed by atoms with van der Waals surface area (Å²) in [5.41, 5.74) is 3.42. The Hall–Kier alpha value is -3.17. The van der Waals surface area contributed by atoms with Crippen LogP contribution in [0, 0.1) is 13.8 Å². The lowest BCUT2D eigenvalue weighted by Gasteiger charge is -2.33. The van der Waals surface area contributed by atoms with Gasteiger partial charge in [-0.05, 0) is 49.7 Å². The van der Waals surface area contributed by atoms with Crippen LogP contribution >= 0.6 is 0 Å². The third-order valence-electron chi connectivity index (χ3n) is 5.84. The number of carbonyl (C=O) groups is 2. The molecule has 0 radical (unpaired) electrons. The molecule has 0 bridgehead atoms. The maximum absolute atomic E-state index is 12.7. The van der Waals surface area contributed by atoms with Gasteiger partial charge < -0.3 is 14.6 Å². The number of carbonyl (C=O) groups excluding carboxylic acids is 2. The number of aromatic nitrogens is 1. The number of sulfonamides is 1. The molecule has 0 aliphatic carbocycles. The number of fused-ring (bicyclic) bond motifs is 1. The van der Waals surface area contributed by atoms with Gasteiger partial charge in [-0.25, -0.2) is 13.2 Å². The van der Waals surface area contributed by atoms with Gasteiger partial charge in [0.1, 0.15) is 0 Å². The largest absolute Gasteiger partial charge is 0.452 e. The Labute approximate surface area is 186 Å². The van der Waals surface area contributed by atoms with Crippen molar-refractivity contribution in [1.29, 1.82) is 0 Å². The van der Waals surface area contributed by atoms with Gasteiger partial charge in [0.2, 0.25) is 10.0 Å². The minimum atomic E-state index is -3.59. The van der Waals surface area contributed by atoms with Crippen molar-refractivity contribution >= 4 is 32.8 Å². The molecule has 8 nitrogen and oxygen atoms in total. The number of H-pyrrole nitrogens is 1.